The number of carbonyl (C=O) groups is 3. The summed E-state index contributed by atoms with van der Waals surface area (Å²) in [6.07, 6.45) is 2.09. The molecule has 2 atom stereocenters. The number of rotatable bonds is 8. The second-order valence-electron chi connectivity index (χ2n) is 7.61. The molecule has 7 heteroatoms. The zero-order valence-corrected chi connectivity index (χ0v) is 17.6. The van der Waals surface area contributed by atoms with E-state index in [1.807, 2.05) is 37.3 Å². The molecule has 0 bridgehead atoms. The van der Waals surface area contributed by atoms with Gasteiger partial charge in [-0.2, -0.15) is 0 Å². The molecule has 2 aromatic rings. The van der Waals surface area contributed by atoms with Crippen LogP contribution in [0.1, 0.15) is 48.0 Å². The summed E-state index contributed by atoms with van der Waals surface area (Å²) in [5, 5.41) is 5.51. The average Bonchev–Trinajstić information content (AvgIpc) is 3.28. The van der Waals surface area contributed by atoms with Crippen molar-refractivity contribution in [2.45, 2.75) is 38.1 Å². The van der Waals surface area contributed by atoms with E-state index in [2.05, 4.69) is 10.6 Å². The number of hydrogen-bond donors (Lipinski definition) is 2. The van der Waals surface area contributed by atoms with Crippen LogP contribution in [-0.4, -0.2) is 48.3 Å². The molecule has 164 valence electrons. The Morgan fingerprint density at radius 1 is 1.03 bits per heavy atom. The molecule has 1 fully saturated rings. The molecule has 1 saturated heterocycles. The normalized spacial score (nSPS) is 16.6. The first-order valence-corrected chi connectivity index (χ1v) is 10.7. The molecule has 1 heterocycles. The number of amides is 3. The van der Waals surface area contributed by atoms with Gasteiger partial charge in [0.05, 0.1) is 5.92 Å². The van der Waals surface area contributed by atoms with Crippen LogP contribution in [0.5, 0.6) is 0 Å². The second-order valence-corrected chi connectivity index (χ2v) is 7.61. The van der Waals surface area contributed by atoms with Gasteiger partial charge >= 0.3 is 0 Å². The fraction of sp³-hybridized carbons (Fsp3) is 0.375. The van der Waals surface area contributed by atoms with Crippen molar-refractivity contribution in [1.29, 1.82) is 0 Å². The second kappa shape index (κ2) is 10.7. The van der Waals surface area contributed by atoms with E-state index < -0.39 is 11.9 Å². The highest BCUT2D eigenvalue weighted by Crippen LogP contribution is 2.27. The van der Waals surface area contributed by atoms with Gasteiger partial charge in [0.1, 0.15) is 11.9 Å². The van der Waals surface area contributed by atoms with Gasteiger partial charge in [-0.3, -0.25) is 14.4 Å². The van der Waals surface area contributed by atoms with Gasteiger partial charge in [0.2, 0.25) is 11.8 Å². The lowest BCUT2D eigenvalue weighted by Gasteiger charge is -2.28. The molecule has 0 radical (unpaired) electrons. The first kappa shape index (κ1) is 22.5. The van der Waals surface area contributed by atoms with Crippen molar-refractivity contribution in [3.63, 3.8) is 0 Å². The minimum atomic E-state index is -0.488. The fourth-order valence-electron chi connectivity index (χ4n) is 3.92. The number of hydrogen-bond acceptors (Lipinski definition) is 3. The van der Waals surface area contributed by atoms with Crippen molar-refractivity contribution in [1.82, 2.24) is 15.5 Å². The van der Waals surface area contributed by atoms with Crippen LogP contribution in [0.3, 0.4) is 0 Å². The third-order valence-corrected chi connectivity index (χ3v) is 5.56. The molecule has 0 aromatic heterocycles. The van der Waals surface area contributed by atoms with Crippen LogP contribution in [0.15, 0.2) is 54.6 Å². The SMILES string of the molecule is CCC(C(=O)N1CCC[C@@H]1C(=O)NCCNC(=O)c1ccc(F)cc1)c1ccccc1. The summed E-state index contributed by atoms with van der Waals surface area (Å²) in [4.78, 5) is 39.6. The number of nitrogens with zero attached hydrogens (tertiary/aromatic N) is 1. The molecule has 2 N–H and O–H groups in total. The Morgan fingerprint density at radius 3 is 2.39 bits per heavy atom. The summed E-state index contributed by atoms with van der Waals surface area (Å²) >= 11 is 0. The monoisotopic (exact) mass is 425 g/mol. The van der Waals surface area contributed by atoms with Crippen molar-refractivity contribution < 1.29 is 18.8 Å². The van der Waals surface area contributed by atoms with E-state index in [1.165, 1.54) is 24.3 Å². The molecule has 6 nitrogen and oxygen atoms in total. The molecule has 0 aliphatic carbocycles. The van der Waals surface area contributed by atoms with Crippen LogP contribution in [0, 0.1) is 5.82 Å². The predicted molar refractivity (Wildman–Crippen MR) is 116 cm³/mol. The Balaban J connectivity index is 1.50. The van der Waals surface area contributed by atoms with Crippen molar-refractivity contribution in [3.8, 4) is 0 Å². The molecule has 0 spiro atoms. The minimum absolute atomic E-state index is 0.0176. The summed E-state index contributed by atoms with van der Waals surface area (Å²) in [5.41, 5.74) is 1.32. The maximum atomic E-state index is 13.2. The molecule has 1 aliphatic heterocycles. The lowest BCUT2D eigenvalue weighted by atomic mass is 9.94. The maximum absolute atomic E-state index is 13.2. The van der Waals surface area contributed by atoms with Crippen LogP contribution >= 0.6 is 0 Å². The van der Waals surface area contributed by atoms with Crippen LogP contribution in [0.2, 0.25) is 0 Å². The van der Waals surface area contributed by atoms with Crippen molar-refractivity contribution >= 4 is 17.7 Å². The molecule has 2 aromatic carbocycles. The highest BCUT2D eigenvalue weighted by Gasteiger charge is 2.36. The number of likely N-dealkylation sites (tertiary alicyclic amines) is 1. The lowest BCUT2D eigenvalue weighted by Crippen LogP contribution is -2.48. The standard InChI is InChI=1S/C24H28FN3O3/c1-2-20(17-7-4-3-5-8-17)24(31)28-16-6-9-21(28)23(30)27-15-14-26-22(29)18-10-12-19(25)13-11-18/h3-5,7-8,10-13,20-21H,2,6,9,14-16H2,1H3,(H,26,29)(H,27,30)/t20?,21-/m1/s1. The van der Waals surface area contributed by atoms with Crippen LogP contribution in [-0.2, 0) is 9.59 Å². The average molecular weight is 426 g/mol. The molecule has 0 saturated carbocycles. The molecular formula is C24H28FN3O3. The van der Waals surface area contributed by atoms with E-state index in [9.17, 15) is 18.8 Å². The van der Waals surface area contributed by atoms with Gasteiger partial charge in [0, 0.05) is 25.2 Å². The Bertz CT molecular complexity index is 902. The number of benzene rings is 2. The van der Waals surface area contributed by atoms with Crippen molar-refractivity contribution in [3.05, 3.63) is 71.5 Å². The zero-order chi connectivity index (χ0) is 22.2. The Hall–Kier alpha value is -3.22. The topological polar surface area (TPSA) is 78.5 Å². The van der Waals surface area contributed by atoms with Crippen molar-refractivity contribution in [2.24, 2.45) is 0 Å². The van der Waals surface area contributed by atoms with E-state index in [1.54, 1.807) is 4.90 Å². The summed E-state index contributed by atoms with van der Waals surface area (Å²) in [6.45, 7) is 3.04. The molecule has 1 unspecified atom stereocenters. The Morgan fingerprint density at radius 2 is 1.71 bits per heavy atom. The number of carbonyl (C=O) groups excluding carboxylic acids is 3. The number of nitrogens with one attached hydrogen (secondary N) is 2. The van der Waals surface area contributed by atoms with E-state index in [4.69, 9.17) is 0 Å². The van der Waals surface area contributed by atoms with Crippen molar-refractivity contribution in [2.75, 3.05) is 19.6 Å². The highest BCUT2D eigenvalue weighted by molar-refractivity contribution is 5.94. The molecule has 31 heavy (non-hydrogen) atoms. The quantitative estimate of drug-likeness (QED) is 0.639. The summed E-state index contributed by atoms with van der Waals surface area (Å²) in [7, 11) is 0. The predicted octanol–water partition coefficient (Wildman–Crippen LogP) is 2.86. The van der Waals surface area contributed by atoms with Gasteiger partial charge < -0.3 is 15.5 Å². The van der Waals surface area contributed by atoms with Gasteiger partial charge in [0.15, 0.2) is 0 Å². The van der Waals surface area contributed by atoms with Crippen LogP contribution in [0.25, 0.3) is 0 Å². The highest BCUT2D eigenvalue weighted by atomic mass is 19.1. The summed E-state index contributed by atoms with van der Waals surface area (Å²) in [5.74, 6) is -1.22. The molecular weight excluding hydrogens is 397 g/mol. The maximum Gasteiger partial charge on any atom is 0.251 e. The summed E-state index contributed by atoms with van der Waals surface area (Å²) < 4.78 is 12.9. The zero-order valence-electron chi connectivity index (χ0n) is 17.6. The first-order valence-electron chi connectivity index (χ1n) is 10.7. The van der Waals surface area contributed by atoms with Gasteiger partial charge in [-0.15, -0.1) is 0 Å². The van der Waals surface area contributed by atoms with Crippen LogP contribution in [0.4, 0.5) is 4.39 Å². The van der Waals surface area contributed by atoms with Gasteiger partial charge in [-0.1, -0.05) is 37.3 Å². The van der Waals surface area contributed by atoms with Gasteiger partial charge in [-0.05, 0) is 49.1 Å². The molecule has 3 amide bonds. The van der Waals surface area contributed by atoms with Crippen LogP contribution < -0.4 is 10.6 Å². The largest absolute Gasteiger partial charge is 0.353 e. The van der Waals surface area contributed by atoms with Gasteiger partial charge in [0.25, 0.3) is 5.91 Å². The number of halogens is 1. The Labute approximate surface area is 181 Å². The van der Waals surface area contributed by atoms with E-state index >= 15 is 0 Å². The smallest absolute Gasteiger partial charge is 0.251 e. The molecule has 3 rings (SSSR count). The van der Waals surface area contributed by atoms with E-state index in [-0.39, 0.29) is 36.7 Å². The third-order valence-electron chi connectivity index (χ3n) is 5.56. The lowest BCUT2D eigenvalue weighted by molar-refractivity contribution is -0.139. The molecule has 1 aliphatic rings. The Kier molecular flexibility index (Phi) is 7.76. The first-order chi connectivity index (χ1) is 15.0. The fourth-order valence-corrected chi connectivity index (χ4v) is 3.92. The third kappa shape index (κ3) is 5.69. The van der Waals surface area contributed by atoms with Gasteiger partial charge in [-0.25, -0.2) is 4.39 Å². The van der Waals surface area contributed by atoms with E-state index in [0.717, 1.165) is 12.0 Å². The summed E-state index contributed by atoms with van der Waals surface area (Å²) in [6, 6.07) is 14.4. The van der Waals surface area contributed by atoms with E-state index in [0.29, 0.717) is 24.9 Å². The minimum Gasteiger partial charge on any atom is -0.353 e.